The van der Waals surface area contributed by atoms with Crippen LogP contribution in [-0.4, -0.2) is 38.1 Å². The number of rotatable bonds is 9. The molecule has 2 aliphatic rings. The lowest BCUT2D eigenvalue weighted by Crippen LogP contribution is -2.40. The smallest absolute Gasteiger partial charge is 0.144 e. The number of allylic oxidation sites excluding steroid dienone is 5. The predicted molar refractivity (Wildman–Crippen MR) is 127 cm³/mol. The summed E-state index contributed by atoms with van der Waals surface area (Å²) in [4.78, 5) is 0. The van der Waals surface area contributed by atoms with Crippen LogP contribution in [0.25, 0.3) is 0 Å². The lowest BCUT2D eigenvalue weighted by molar-refractivity contribution is 0.267. The molecule has 4 nitrogen and oxygen atoms in total. The molecule has 0 spiro atoms. The van der Waals surface area contributed by atoms with E-state index in [9.17, 15) is 0 Å². The molecule has 1 aliphatic heterocycles. The summed E-state index contributed by atoms with van der Waals surface area (Å²) >= 11 is 0. The summed E-state index contributed by atoms with van der Waals surface area (Å²) in [6.07, 6.45) is 16.3. The van der Waals surface area contributed by atoms with Crippen LogP contribution in [0.4, 0.5) is 0 Å². The Labute approximate surface area is 178 Å². The van der Waals surface area contributed by atoms with Crippen LogP contribution < -0.4 is 10.7 Å². The van der Waals surface area contributed by atoms with E-state index in [1.54, 1.807) is 0 Å². The molecule has 0 aromatic heterocycles. The fraction of sp³-hybridized carbons (Fsp3) is 0.542. The monoisotopic (exact) mass is 393 g/mol. The highest BCUT2D eigenvalue weighted by Gasteiger charge is 2.25. The maximum Gasteiger partial charge on any atom is 0.144 e. The number of nitrogens with one attached hydrogen (secondary N) is 3. The third-order valence-corrected chi connectivity index (χ3v) is 5.83. The van der Waals surface area contributed by atoms with E-state index in [1.165, 1.54) is 43.0 Å². The van der Waals surface area contributed by atoms with Gasteiger partial charge in [0.05, 0.1) is 5.70 Å². The van der Waals surface area contributed by atoms with Crippen molar-refractivity contribution in [3.63, 3.8) is 0 Å². The number of nitrogens with zero attached hydrogens (tertiary/aromatic N) is 1. The molecule has 1 saturated carbocycles. The van der Waals surface area contributed by atoms with E-state index in [0.717, 1.165) is 24.2 Å². The molecule has 0 saturated heterocycles. The van der Waals surface area contributed by atoms with E-state index >= 15 is 0 Å². The van der Waals surface area contributed by atoms with Crippen LogP contribution in [0.2, 0.25) is 5.82 Å². The van der Waals surface area contributed by atoms with Crippen molar-refractivity contribution in [2.75, 3.05) is 13.6 Å². The van der Waals surface area contributed by atoms with E-state index in [2.05, 4.69) is 75.8 Å². The first-order valence-electron chi connectivity index (χ1n) is 10.9. The van der Waals surface area contributed by atoms with Crippen LogP contribution in [0.1, 0.15) is 52.9 Å². The summed E-state index contributed by atoms with van der Waals surface area (Å²) in [5.41, 5.74) is 7.73. The van der Waals surface area contributed by atoms with Crippen molar-refractivity contribution < 1.29 is 0 Å². The highest BCUT2D eigenvalue weighted by molar-refractivity contribution is 6.44. The zero-order valence-corrected chi connectivity index (χ0v) is 18.7. The van der Waals surface area contributed by atoms with Crippen molar-refractivity contribution in [1.29, 1.82) is 5.41 Å². The Morgan fingerprint density at radius 3 is 2.79 bits per heavy atom. The van der Waals surface area contributed by atoms with Gasteiger partial charge in [-0.15, -0.1) is 5.98 Å². The van der Waals surface area contributed by atoms with E-state index in [1.807, 2.05) is 12.1 Å². The highest BCUT2D eigenvalue weighted by atomic mass is 15.5. The van der Waals surface area contributed by atoms with Crippen LogP contribution in [-0.2, 0) is 0 Å². The average Bonchev–Trinajstić information content (AvgIpc) is 2.71. The first-order chi connectivity index (χ1) is 13.9. The Balaban J connectivity index is 2.04. The molecule has 1 radical (unpaired) electrons. The molecule has 0 aromatic carbocycles. The second-order valence-corrected chi connectivity index (χ2v) is 8.51. The molecular weight excluding hydrogens is 355 g/mol. The van der Waals surface area contributed by atoms with E-state index in [-0.39, 0.29) is 0 Å². The summed E-state index contributed by atoms with van der Waals surface area (Å²) in [7, 11) is 4.08. The van der Waals surface area contributed by atoms with Gasteiger partial charge >= 0.3 is 0 Å². The largest absolute Gasteiger partial charge is 0.310 e. The van der Waals surface area contributed by atoms with Gasteiger partial charge in [-0.3, -0.25) is 5.01 Å². The molecule has 0 amide bonds. The van der Waals surface area contributed by atoms with Crippen molar-refractivity contribution in [2.45, 2.75) is 64.7 Å². The Morgan fingerprint density at radius 2 is 2.10 bits per heavy atom. The van der Waals surface area contributed by atoms with Gasteiger partial charge in [-0.05, 0) is 54.9 Å². The third-order valence-electron chi connectivity index (χ3n) is 5.83. The van der Waals surface area contributed by atoms with E-state index < -0.39 is 0 Å². The second-order valence-electron chi connectivity index (χ2n) is 8.51. The van der Waals surface area contributed by atoms with Crippen LogP contribution in [0, 0.1) is 11.3 Å². The molecule has 2 atom stereocenters. The summed E-state index contributed by atoms with van der Waals surface area (Å²) in [6, 6.07) is 0.506. The molecule has 2 unspecified atom stereocenters. The van der Waals surface area contributed by atoms with Crippen LogP contribution in [0.3, 0.4) is 0 Å². The predicted octanol–water partition coefficient (Wildman–Crippen LogP) is 4.94. The minimum Gasteiger partial charge on any atom is -0.310 e. The Kier molecular flexibility index (Phi) is 9.69. The van der Waals surface area contributed by atoms with Crippen molar-refractivity contribution in [3.8, 4) is 0 Å². The Morgan fingerprint density at radius 1 is 1.34 bits per heavy atom. The SMILES string of the molecule is C=C1/C(C)=C/C=C(CC2CCCCC2NC/C(C=N)=C/[B]C(C)C)\C=C/N1NC. The first kappa shape index (κ1) is 23.4. The van der Waals surface area contributed by atoms with E-state index in [0.29, 0.717) is 17.8 Å². The maximum absolute atomic E-state index is 7.70. The molecule has 1 fully saturated rings. The van der Waals surface area contributed by atoms with Gasteiger partial charge < -0.3 is 10.7 Å². The molecule has 5 heteroatoms. The van der Waals surface area contributed by atoms with Gasteiger partial charge in [0, 0.05) is 32.0 Å². The van der Waals surface area contributed by atoms with Crippen LogP contribution in [0.5, 0.6) is 0 Å². The molecule has 1 aliphatic carbocycles. The van der Waals surface area contributed by atoms with Crippen molar-refractivity contribution >= 4 is 13.5 Å². The van der Waals surface area contributed by atoms with E-state index in [4.69, 9.17) is 5.41 Å². The third kappa shape index (κ3) is 7.48. The highest BCUT2D eigenvalue weighted by Crippen LogP contribution is 2.31. The molecule has 1 heterocycles. The van der Waals surface area contributed by atoms with Crippen molar-refractivity contribution in [2.24, 2.45) is 5.92 Å². The zero-order chi connectivity index (χ0) is 21.2. The zero-order valence-electron chi connectivity index (χ0n) is 18.7. The average molecular weight is 393 g/mol. The topological polar surface area (TPSA) is 51.2 Å². The normalized spacial score (nSPS) is 28.1. The van der Waals surface area contributed by atoms with Gasteiger partial charge in [0.25, 0.3) is 0 Å². The summed E-state index contributed by atoms with van der Waals surface area (Å²) in [5, 5.41) is 13.4. The molecule has 0 bridgehead atoms. The number of hydrazine groups is 1. The summed E-state index contributed by atoms with van der Waals surface area (Å²) in [5.74, 6) is 3.23. The van der Waals surface area contributed by atoms with Gasteiger partial charge in [0.15, 0.2) is 0 Å². The fourth-order valence-corrected chi connectivity index (χ4v) is 3.93. The lowest BCUT2D eigenvalue weighted by atomic mass is 9.65. The molecular formula is C24H38BN4. The minimum atomic E-state index is 0.506. The van der Waals surface area contributed by atoms with Crippen molar-refractivity contribution in [3.05, 3.63) is 59.4 Å². The fourth-order valence-electron chi connectivity index (χ4n) is 3.93. The second kappa shape index (κ2) is 12.0. The minimum absolute atomic E-state index is 0.506. The maximum atomic E-state index is 7.70. The number of hydrogen-bond donors (Lipinski definition) is 3. The lowest BCUT2D eigenvalue weighted by Gasteiger charge is -2.33. The number of hydrogen-bond acceptors (Lipinski definition) is 4. The summed E-state index contributed by atoms with van der Waals surface area (Å²) < 4.78 is 0. The van der Waals surface area contributed by atoms with Gasteiger partial charge in [-0.2, -0.15) is 0 Å². The molecule has 0 aromatic rings. The van der Waals surface area contributed by atoms with Crippen LogP contribution >= 0.6 is 0 Å². The molecule has 2 rings (SSSR count). The van der Waals surface area contributed by atoms with Gasteiger partial charge in [0.2, 0.25) is 0 Å². The van der Waals surface area contributed by atoms with Crippen molar-refractivity contribution in [1.82, 2.24) is 15.8 Å². The standard InChI is InChI=1S/C24H38BN4/c1-18(2)25-15-22(16-26)17-28-24-9-7-6-8-23(24)14-21-11-10-19(3)20(4)29(27-5)13-12-21/h10-13,15-16,18,23-24,26-28H,4,6-9,14,17H2,1-3,5H3/b13-12-,19-10+,21-11+,22-15+,26-16?. The molecule has 3 N–H and O–H groups in total. The first-order valence-corrected chi connectivity index (χ1v) is 10.9. The van der Waals surface area contributed by atoms with Gasteiger partial charge in [-0.25, -0.2) is 5.43 Å². The molecule has 29 heavy (non-hydrogen) atoms. The Hall–Kier alpha value is -1.85. The quantitative estimate of drug-likeness (QED) is 0.384. The molecule has 157 valence electrons. The van der Waals surface area contributed by atoms with Gasteiger partial charge in [0.1, 0.15) is 7.28 Å². The van der Waals surface area contributed by atoms with Crippen LogP contribution in [0.15, 0.2) is 59.4 Å². The summed E-state index contributed by atoms with van der Waals surface area (Å²) in [6.45, 7) is 11.4. The van der Waals surface area contributed by atoms with Gasteiger partial charge in [-0.1, -0.05) is 51.2 Å². The Bertz CT molecular complexity index is 687.